The first-order valence-corrected chi connectivity index (χ1v) is 7.34. The van der Waals surface area contributed by atoms with E-state index in [2.05, 4.69) is 14.9 Å². The number of hydrogen-bond acceptors (Lipinski definition) is 4. The van der Waals surface area contributed by atoms with Gasteiger partial charge in [0.25, 0.3) is 0 Å². The number of nitrogens with one attached hydrogen (secondary N) is 1. The molecule has 1 unspecified atom stereocenters. The fourth-order valence-corrected chi connectivity index (χ4v) is 2.31. The van der Waals surface area contributed by atoms with E-state index in [9.17, 15) is 0 Å². The molecule has 2 heterocycles. The summed E-state index contributed by atoms with van der Waals surface area (Å²) < 4.78 is 13.2. The lowest BCUT2D eigenvalue weighted by Gasteiger charge is -2.23. The molecule has 1 aliphatic heterocycles. The highest BCUT2D eigenvalue weighted by atomic mass is 16.5. The quantitative estimate of drug-likeness (QED) is 0.734. The Morgan fingerprint density at radius 1 is 1.53 bits per heavy atom. The van der Waals surface area contributed by atoms with Gasteiger partial charge in [-0.2, -0.15) is 0 Å². The van der Waals surface area contributed by atoms with Crippen LogP contribution in [0, 0.1) is 0 Å². The van der Waals surface area contributed by atoms with E-state index in [1.807, 2.05) is 19.3 Å². The lowest BCUT2D eigenvalue weighted by molar-refractivity contribution is 0.00629. The molecule has 19 heavy (non-hydrogen) atoms. The molecule has 108 valence electrons. The van der Waals surface area contributed by atoms with Crippen LogP contribution >= 0.6 is 0 Å². The van der Waals surface area contributed by atoms with Gasteiger partial charge < -0.3 is 19.4 Å². The van der Waals surface area contributed by atoms with Crippen molar-refractivity contribution in [2.45, 2.75) is 45.3 Å². The molecule has 1 atom stereocenters. The Morgan fingerprint density at radius 2 is 2.47 bits per heavy atom. The van der Waals surface area contributed by atoms with Gasteiger partial charge in [0.2, 0.25) is 5.95 Å². The fraction of sp³-hybridized carbons (Fsp3) is 0.786. The van der Waals surface area contributed by atoms with Crippen LogP contribution in [0.15, 0.2) is 12.4 Å². The molecule has 1 N–H and O–H groups in total. The van der Waals surface area contributed by atoms with Gasteiger partial charge in [0, 0.05) is 38.8 Å². The molecular weight excluding hydrogens is 242 g/mol. The molecule has 0 spiro atoms. The van der Waals surface area contributed by atoms with Crippen LogP contribution in [0.25, 0.3) is 0 Å². The van der Waals surface area contributed by atoms with Crippen molar-refractivity contribution >= 4 is 5.95 Å². The predicted molar refractivity (Wildman–Crippen MR) is 75.4 cm³/mol. The van der Waals surface area contributed by atoms with Crippen molar-refractivity contribution in [2.75, 3.05) is 31.7 Å². The number of nitrogens with zero attached hydrogens (tertiary/aromatic N) is 2. The Labute approximate surface area is 115 Å². The summed E-state index contributed by atoms with van der Waals surface area (Å²) in [5.41, 5.74) is 0. The van der Waals surface area contributed by atoms with Gasteiger partial charge in [0.05, 0.1) is 12.6 Å². The van der Waals surface area contributed by atoms with Crippen molar-refractivity contribution in [3.8, 4) is 0 Å². The fourth-order valence-electron chi connectivity index (χ4n) is 2.31. The van der Waals surface area contributed by atoms with Crippen LogP contribution in [-0.4, -0.2) is 42.0 Å². The van der Waals surface area contributed by atoms with Gasteiger partial charge in [-0.3, -0.25) is 0 Å². The van der Waals surface area contributed by atoms with E-state index in [4.69, 9.17) is 9.47 Å². The van der Waals surface area contributed by atoms with Crippen molar-refractivity contribution in [3.05, 3.63) is 12.4 Å². The molecule has 1 fully saturated rings. The maximum absolute atomic E-state index is 5.77. The van der Waals surface area contributed by atoms with E-state index in [-0.39, 0.29) is 0 Å². The minimum Gasteiger partial charge on any atom is -0.382 e. The Morgan fingerprint density at radius 3 is 3.26 bits per heavy atom. The molecule has 5 nitrogen and oxygen atoms in total. The average Bonchev–Trinajstić information content (AvgIpc) is 2.87. The van der Waals surface area contributed by atoms with Crippen LogP contribution in [0.1, 0.15) is 32.6 Å². The molecule has 0 saturated carbocycles. The Hall–Kier alpha value is -1.07. The molecule has 5 heteroatoms. The Kier molecular flexibility index (Phi) is 6.17. The number of anilines is 1. The third kappa shape index (κ3) is 4.84. The van der Waals surface area contributed by atoms with E-state index in [1.54, 1.807) is 0 Å². The summed E-state index contributed by atoms with van der Waals surface area (Å²) in [6.07, 6.45) is 8.82. The minimum atomic E-state index is 0.340. The third-order valence-corrected chi connectivity index (χ3v) is 3.34. The van der Waals surface area contributed by atoms with Gasteiger partial charge in [-0.1, -0.05) is 0 Å². The van der Waals surface area contributed by atoms with Crippen molar-refractivity contribution in [1.82, 2.24) is 9.55 Å². The van der Waals surface area contributed by atoms with Crippen molar-refractivity contribution in [1.29, 1.82) is 0 Å². The van der Waals surface area contributed by atoms with E-state index < -0.39 is 0 Å². The average molecular weight is 267 g/mol. The zero-order chi connectivity index (χ0) is 13.3. The third-order valence-electron chi connectivity index (χ3n) is 3.34. The van der Waals surface area contributed by atoms with E-state index in [0.29, 0.717) is 6.10 Å². The summed E-state index contributed by atoms with van der Waals surface area (Å²) >= 11 is 0. The summed E-state index contributed by atoms with van der Waals surface area (Å²) in [4.78, 5) is 4.35. The van der Waals surface area contributed by atoms with Crippen LogP contribution in [0.2, 0.25) is 0 Å². The van der Waals surface area contributed by atoms with Crippen molar-refractivity contribution in [2.24, 2.45) is 0 Å². The molecule has 1 saturated heterocycles. The number of rotatable bonds is 8. The highest BCUT2D eigenvalue weighted by Gasteiger charge is 2.15. The second-order valence-corrected chi connectivity index (χ2v) is 4.87. The molecular formula is C14H25N3O2. The number of ether oxygens (including phenoxy) is 2. The summed E-state index contributed by atoms with van der Waals surface area (Å²) in [5, 5.41) is 3.36. The number of imidazole rings is 1. The summed E-state index contributed by atoms with van der Waals surface area (Å²) in [6.45, 7) is 6.29. The first-order chi connectivity index (χ1) is 9.40. The maximum Gasteiger partial charge on any atom is 0.202 e. The summed E-state index contributed by atoms with van der Waals surface area (Å²) in [5.74, 6) is 0.936. The normalized spacial score (nSPS) is 19.5. The van der Waals surface area contributed by atoms with Gasteiger partial charge in [-0.05, 0) is 32.6 Å². The summed E-state index contributed by atoms with van der Waals surface area (Å²) in [6, 6.07) is 0. The maximum atomic E-state index is 5.77. The second kappa shape index (κ2) is 8.17. The highest BCUT2D eigenvalue weighted by molar-refractivity contribution is 5.25. The standard InChI is InChI=1S/C14H25N3O2/c1-2-18-10-5-7-15-14-16-8-9-17(14)12-13-6-3-4-11-19-13/h8-9,13H,2-7,10-12H2,1H3,(H,15,16). The molecule has 0 radical (unpaired) electrons. The Bertz CT molecular complexity index is 348. The monoisotopic (exact) mass is 267 g/mol. The van der Waals surface area contributed by atoms with Gasteiger partial charge in [-0.15, -0.1) is 0 Å². The first-order valence-electron chi connectivity index (χ1n) is 7.34. The molecule has 0 aromatic carbocycles. The number of aromatic nitrogens is 2. The van der Waals surface area contributed by atoms with Gasteiger partial charge in [0.15, 0.2) is 0 Å². The highest BCUT2D eigenvalue weighted by Crippen LogP contribution is 2.16. The van der Waals surface area contributed by atoms with Crippen LogP contribution < -0.4 is 5.32 Å². The summed E-state index contributed by atoms with van der Waals surface area (Å²) in [7, 11) is 0. The molecule has 0 amide bonds. The van der Waals surface area contributed by atoms with Crippen LogP contribution in [0.4, 0.5) is 5.95 Å². The molecule has 1 aromatic heterocycles. The van der Waals surface area contributed by atoms with Crippen LogP contribution in [0.5, 0.6) is 0 Å². The van der Waals surface area contributed by atoms with Crippen LogP contribution in [-0.2, 0) is 16.0 Å². The topological polar surface area (TPSA) is 48.3 Å². The molecule has 1 aliphatic rings. The first kappa shape index (κ1) is 14.3. The van der Waals surface area contributed by atoms with E-state index >= 15 is 0 Å². The van der Waals surface area contributed by atoms with Gasteiger partial charge in [-0.25, -0.2) is 4.98 Å². The van der Waals surface area contributed by atoms with E-state index in [0.717, 1.165) is 51.7 Å². The second-order valence-electron chi connectivity index (χ2n) is 4.87. The molecule has 0 bridgehead atoms. The van der Waals surface area contributed by atoms with Crippen molar-refractivity contribution < 1.29 is 9.47 Å². The zero-order valence-corrected chi connectivity index (χ0v) is 11.8. The molecule has 2 rings (SSSR count). The lowest BCUT2D eigenvalue weighted by Crippen LogP contribution is -2.25. The zero-order valence-electron chi connectivity index (χ0n) is 11.8. The number of hydrogen-bond donors (Lipinski definition) is 1. The van der Waals surface area contributed by atoms with Gasteiger partial charge in [0.1, 0.15) is 0 Å². The lowest BCUT2D eigenvalue weighted by atomic mass is 10.1. The van der Waals surface area contributed by atoms with Crippen LogP contribution in [0.3, 0.4) is 0 Å². The van der Waals surface area contributed by atoms with Gasteiger partial charge >= 0.3 is 0 Å². The van der Waals surface area contributed by atoms with Crippen molar-refractivity contribution in [3.63, 3.8) is 0 Å². The Balaban J connectivity index is 1.73. The van der Waals surface area contributed by atoms with E-state index in [1.165, 1.54) is 12.8 Å². The molecule has 0 aliphatic carbocycles. The predicted octanol–water partition coefficient (Wildman–Crippen LogP) is 2.29. The SMILES string of the molecule is CCOCCCNc1nccn1CC1CCCCO1. The smallest absolute Gasteiger partial charge is 0.202 e. The molecule has 1 aromatic rings. The minimum absolute atomic E-state index is 0.340. The largest absolute Gasteiger partial charge is 0.382 e.